The van der Waals surface area contributed by atoms with Gasteiger partial charge >= 0.3 is 18.0 Å². The second-order valence-corrected chi connectivity index (χ2v) is 6.89. The number of hydrogen-bond acceptors (Lipinski definition) is 6. The fourth-order valence-electron chi connectivity index (χ4n) is 1.38. The van der Waals surface area contributed by atoms with Gasteiger partial charge in [-0.3, -0.25) is 14.5 Å². The summed E-state index contributed by atoms with van der Waals surface area (Å²) in [5, 5.41) is 8.85. The Kier molecular flexibility index (Phi) is 6.82. The van der Waals surface area contributed by atoms with E-state index < -0.39 is 41.8 Å². The van der Waals surface area contributed by atoms with Crippen LogP contribution in [0.2, 0.25) is 0 Å². The second-order valence-electron chi connectivity index (χ2n) is 6.89. The summed E-state index contributed by atoms with van der Waals surface area (Å²) >= 11 is 0. The number of esters is 1. The normalized spacial score (nSPS) is 13.2. The first kappa shape index (κ1) is 20.2. The zero-order valence-corrected chi connectivity index (χ0v) is 14.0. The standard InChI is InChI=1S/C14H26N2O6/c1-13(2,3)21-10(17)8-16(7-9(15)11(18)19)12(20)22-14(4,5)6/h9H,7-8,15H2,1-6H3,(H,18,19). The summed E-state index contributed by atoms with van der Waals surface area (Å²) in [5.74, 6) is -1.95. The first-order valence-corrected chi connectivity index (χ1v) is 6.89. The number of aliphatic carboxylic acids is 1. The van der Waals surface area contributed by atoms with Crippen LogP contribution < -0.4 is 5.73 Å². The van der Waals surface area contributed by atoms with Crippen LogP contribution in [-0.4, -0.2) is 58.4 Å². The van der Waals surface area contributed by atoms with Crippen LogP contribution >= 0.6 is 0 Å². The summed E-state index contributed by atoms with van der Waals surface area (Å²) in [6.07, 6.45) is -0.824. The average molecular weight is 318 g/mol. The Labute approximate surface area is 130 Å². The zero-order valence-electron chi connectivity index (χ0n) is 14.0. The summed E-state index contributed by atoms with van der Waals surface area (Å²) in [7, 11) is 0. The van der Waals surface area contributed by atoms with E-state index in [1.165, 1.54) is 0 Å². The van der Waals surface area contributed by atoms with E-state index in [1.807, 2.05) is 0 Å². The molecule has 1 amide bonds. The number of carboxylic acid groups (broad SMARTS) is 1. The SMILES string of the molecule is CC(C)(C)OC(=O)CN(CC(N)C(=O)O)C(=O)OC(C)(C)C. The minimum atomic E-state index is -1.32. The molecule has 128 valence electrons. The predicted molar refractivity (Wildman–Crippen MR) is 79.3 cm³/mol. The Morgan fingerprint density at radius 1 is 1.05 bits per heavy atom. The van der Waals surface area contributed by atoms with Gasteiger partial charge in [0.15, 0.2) is 0 Å². The van der Waals surface area contributed by atoms with E-state index in [-0.39, 0.29) is 6.54 Å². The van der Waals surface area contributed by atoms with Crippen LogP contribution in [0, 0.1) is 0 Å². The molecule has 0 aliphatic heterocycles. The molecule has 0 aromatic rings. The van der Waals surface area contributed by atoms with Crippen LogP contribution in [0.15, 0.2) is 0 Å². The van der Waals surface area contributed by atoms with Gasteiger partial charge in [-0.15, -0.1) is 0 Å². The smallest absolute Gasteiger partial charge is 0.410 e. The van der Waals surface area contributed by atoms with Crippen molar-refractivity contribution in [2.45, 2.75) is 58.8 Å². The Morgan fingerprint density at radius 3 is 1.86 bits per heavy atom. The second kappa shape index (κ2) is 7.44. The molecule has 8 heteroatoms. The topological polar surface area (TPSA) is 119 Å². The fourth-order valence-corrected chi connectivity index (χ4v) is 1.38. The van der Waals surface area contributed by atoms with Gasteiger partial charge in [-0.2, -0.15) is 0 Å². The first-order valence-electron chi connectivity index (χ1n) is 6.89. The number of carbonyl (C=O) groups excluding carboxylic acids is 2. The van der Waals surface area contributed by atoms with Gasteiger partial charge in [0, 0.05) is 0 Å². The highest BCUT2D eigenvalue weighted by atomic mass is 16.6. The van der Waals surface area contributed by atoms with Crippen molar-refractivity contribution in [2.24, 2.45) is 5.73 Å². The average Bonchev–Trinajstić information content (AvgIpc) is 2.22. The maximum atomic E-state index is 12.1. The zero-order chi connectivity index (χ0) is 17.7. The van der Waals surface area contributed by atoms with Gasteiger partial charge < -0.3 is 20.3 Å². The summed E-state index contributed by atoms with van der Waals surface area (Å²) in [4.78, 5) is 35.7. The number of nitrogens with zero attached hydrogens (tertiary/aromatic N) is 1. The van der Waals surface area contributed by atoms with Crippen LogP contribution in [0.25, 0.3) is 0 Å². The Bertz CT molecular complexity index is 422. The molecule has 3 N–H and O–H groups in total. The summed E-state index contributed by atoms with van der Waals surface area (Å²) in [6, 6.07) is -1.32. The lowest BCUT2D eigenvalue weighted by atomic mass is 10.2. The molecule has 0 aliphatic carbocycles. The molecule has 0 saturated heterocycles. The van der Waals surface area contributed by atoms with Crippen molar-refractivity contribution in [3.05, 3.63) is 0 Å². The van der Waals surface area contributed by atoms with Gasteiger partial charge in [0.05, 0.1) is 6.54 Å². The van der Waals surface area contributed by atoms with E-state index in [0.717, 1.165) is 4.90 Å². The van der Waals surface area contributed by atoms with Gasteiger partial charge in [0.1, 0.15) is 23.8 Å². The molecule has 0 heterocycles. The molecular weight excluding hydrogens is 292 g/mol. The minimum absolute atomic E-state index is 0.358. The fraction of sp³-hybridized carbons (Fsp3) is 0.786. The molecule has 1 atom stereocenters. The van der Waals surface area contributed by atoms with Crippen molar-refractivity contribution in [3.8, 4) is 0 Å². The molecule has 22 heavy (non-hydrogen) atoms. The van der Waals surface area contributed by atoms with Gasteiger partial charge in [-0.25, -0.2) is 4.79 Å². The number of hydrogen-bond donors (Lipinski definition) is 2. The number of amides is 1. The maximum Gasteiger partial charge on any atom is 0.410 e. The van der Waals surface area contributed by atoms with E-state index in [0.29, 0.717) is 0 Å². The lowest BCUT2D eigenvalue weighted by Gasteiger charge is -2.29. The van der Waals surface area contributed by atoms with Crippen molar-refractivity contribution >= 4 is 18.0 Å². The van der Waals surface area contributed by atoms with Crippen LogP contribution in [0.3, 0.4) is 0 Å². The highest BCUT2D eigenvalue weighted by Gasteiger charge is 2.29. The molecule has 1 unspecified atom stereocenters. The Hall–Kier alpha value is -1.83. The van der Waals surface area contributed by atoms with Crippen molar-refractivity contribution in [1.82, 2.24) is 4.90 Å². The van der Waals surface area contributed by atoms with Gasteiger partial charge in [-0.05, 0) is 41.5 Å². The third-order valence-corrected chi connectivity index (χ3v) is 2.13. The minimum Gasteiger partial charge on any atom is -0.480 e. The Balaban J connectivity index is 4.97. The largest absolute Gasteiger partial charge is 0.480 e. The Morgan fingerprint density at radius 2 is 1.50 bits per heavy atom. The summed E-state index contributed by atoms with van der Waals surface area (Å²) in [5.41, 5.74) is 3.92. The number of carbonyl (C=O) groups is 3. The van der Waals surface area contributed by atoms with Crippen molar-refractivity contribution in [2.75, 3.05) is 13.1 Å². The highest BCUT2D eigenvalue weighted by Crippen LogP contribution is 2.12. The van der Waals surface area contributed by atoms with E-state index in [1.54, 1.807) is 41.5 Å². The monoisotopic (exact) mass is 318 g/mol. The quantitative estimate of drug-likeness (QED) is 0.725. The van der Waals surface area contributed by atoms with E-state index >= 15 is 0 Å². The summed E-state index contributed by atoms with van der Waals surface area (Å²) in [6.45, 7) is 9.24. The molecule has 0 fully saturated rings. The predicted octanol–water partition coefficient (Wildman–Crippen LogP) is 0.977. The summed E-state index contributed by atoms with van der Waals surface area (Å²) < 4.78 is 10.3. The lowest BCUT2D eigenvalue weighted by molar-refractivity contribution is -0.156. The van der Waals surface area contributed by atoms with Gasteiger partial charge in [0.2, 0.25) is 0 Å². The first-order chi connectivity index (χ1) is 9.71. The third-order valence-electron chi connectivity index (χ3n) is 2.13. The van der Waals surface area contributed by atoms with Gasteiger partial charge in [-0.1, -0.05) is 0 Å². The van der Waals surface area contributed by atoms with Crippen molar-refractivity contribution in [1.29, 1.82) is 0 Å². The van der Waals surface area contributed by atoms with Crippen LogP contribution in [0.5, 0.6) is 0 Å². The molecule has 0 aromatic heterocycles. The molecule has 0 aromatic carbocycles. The maximum absolute atomic E-state index is 12.1. The molecular formula is C14H26N2O6. The van der Waals surface area contributed by atoms with Crippen LogP contribution in [0.1, 0.15) is 41.5 Å². The van der Waals surface area contributed by atoms with Crippen LogP contribution in [0.4, 0.5) is 4.79 Å². The molecule has 8 nitrogen and oxygen atoms in total. The molecule has 0 spiro atoms. The van der Waals surface area contributed by atoms with E-state index in [9.17, 15) is 14.4 Å². The molecule has 0 rings (SSSR count). The number of rotatable bonds is 5. The molecule has 0 aliphatic rings. The highest BCUT2D eigenvalue weighted by molar-refractivity contribution is 5.80. The van der Waals surface area contributed by atoms with Crippen LogP contribution in [-0.2, 0) is 19.1 Å². The van der Waals surface area contributed by atoms with Crippen molar-refractivity contribution in [3.63, 3.8) is 0 Å². The third kappa shape index (κ3) is 9.17. The molecule has 0 bridgehead atoms. The molecule has 0 radical (unpaired) electrons. The molecule has 0 saturated carbocycles. The van der Waals surface area contributed by atoms with Gasteiger partial charge in [0.25, 0.3) is 0 Å². The van der Waals surface area contributed by atoms with E-state index in [4.69, 9.17) is 20.3 Å². The van der Waals surface area contributed by atoms with E-state index in [2.05, 4.69) is 0 Å². The number of carboxylic acids is 1. The lowest BCUT2D eigenvalue weighted by Crippen LogP contribution is -2.49. The number of ether oxygens (including phenoxy) is 2. The number of nitrogens with two attached hydrogens (primary N) is 1. The van der Waals surface area contributed by atoms with Crippen molar-refractivity contribution < 1.29 is 29.0 Å².